The number of hydroxylamine groups is 2. The summed E-state index contributed by atoms with van der Waals surface area (Å²) in [4.78, 5) is 67.5. The van der Waals surface area contributed by atoms with Crippen molar-refractivity contribution in [3.63, 3.8) is 0 Å². The van der Waals surface area contributed by atoms with Gasteiger partial charge in [-0.1, -0.05) is 30.3 Å². The van der Waals surface area contributed by atoms with Crippen molar-refractivity contribution in [3.05, 3.63) is 58.7 Å². The van der Waals surface area contributed by atoms with E-state index in [1.807, 2.05) is 41.3 Å². The third-order valence-corrected chi connectivity index (χ3v) is 9.36. The first-order valence-corrected chi connectivity index (χ1v) is 16.9. The quantitative estimate of drug-likeness (QED) is 0.322. The van der Waals surface area contributed by atoms with Crippen molar-refractivity contribution >= 4 is 41.2 Å². The Kier molecular flexibility index (Phi) is 12.0. The summed E-state index contributed by atoms with van der Waals surface area (Å²) in [6.45, 7) is 6.23. The molecule has 3 aliphatic rings. The summed E-state index contributed by atoms with van der Waals surface area (Å²) < 4.78 is 0. The van der Waals surface area contributed by atoms with E-state index in [-0.39, 0.29) is 49.0 Å². The lowest BCUT2D eigenvalue weighted by Gasteiger charge is -2.38. The molecule has 49 heavy (non-hydrogen) atoms. The third kappa shape index (κ3) is 9.64. The van der Waals surface area contributed by atoms with Crippen molar-refractivity contribution in [3.8, 4) is 5.75 Å². The maximum atomic E-state index is 13.4. The molecule has 2 saturated heterocycles. The minimum atomic E-state index is -0.997. The van der Waals surface area contributed by atoms with E-state index < -0.39 is 18.0 Å². The summed E-state index contributed by atoms with van der Waals surface area (Å²) in [5.74, 6) is 3.65. The summed E-state index contributed by atoms with van der Waals surface area (Å²) in [5, 5.41) is 23.9. The highest BCUT2D eigenvalue weighted by atomic mass is 16.7. The number of amides is 4. The zero-order chi connectivity index (χ0) is 34.9. The molecule has 0 radical (unpaired) electrons. The second kappa shape index (κ2) is 16.5. The topological polar surface area (TPSA) is 164 Å². The number of aryl methyl sites for hydroxylation is 2. The number of aliphatic imine (C=N–C) groups is 2. The van der Waals surface area contributed by atoms with Crippen LogP contribution in [0.3, 0.4) is 0 Å². The summed E-state index contributed by atoms with van der Waals surface area (Å²) in [6, 6.07) is 11.3. The molecule has 4 amide bonds. The van der Waals surface area contributed by atoms with Gasteiger partial charge in [0, 0.05) is 57.3 Å². The van der Waals surface area contributed by atoms with Crippen LogP contribution < -0.4 is 5.32 Å². The number of phenolic OH excluding ortho intramolecular Hbond substituents is 1. The van der Waals surface area contributed by atoms with Gasteiger partial charge in [0.05, 0.1) is 24.2 Å². The van der Waals surface area contributed by atoms with Gasteiger partial charge in [0.15, 0.2) is 6.10 Å². The highest BCUT2D eigenvalue weighted by Gasteiger charge is 2.32. The normalized spacial score (nSPS) is 18.0. The van der Waals surface area contributed by atoms with Gasteiger partial charge in [-0.05, 0) is 74.3 Å². The number of nitrogens with zero attached hydrogens (tertiary/aromatic N) is 5. The van der Waals surface area contributed by atoms with Gasteiger partial charge in [0.2, 0.25) is 5.91 Å². The number of urea groups is 1. The average Bonchev–Trinajstić information content (AvgIpc) is 3.26. The number of carbonyl (C=O) groups is 4. The molecule has 13 nitrogen and oxygen atoms in total. The van der Waals surface area contributed by atoms with E-state index in [0.717, 1.165) is 23.2 Å². The van der Waals surface area contributed by atoms with E-state index in [2.05, 4.69) is 27.0 Å². The van der Waals surface area contributed by atoms with Crippen LogP contribution in [0.25, 0.3) is 0 Å². The second-order valence-corrected chi connectivity index (χ2v) is 12.9. The van der Waals surface area contributed by atoms with Gasteiger partial charge in [-0.25, -0.2) is 9.79 Å². The molecular formula is C36H44N6O7. The van der Waals surface area contributed by atoms with Gasteiger partial charge in [-0.3, -0.25) is 19.2 Å². The fraction of sp³-hybridized carbons (Fsp3) is 0.500. The van der Waals surface area contributed by atoms with Crippen molar-refractivity contribution in [2.45, 2.75) is 83.4 Å². The molecule has 13 heteroatoms. The van der Waals surface area contributed by atoms with Crippen LogP contribution in [0.15, 0.2) is 46.4 Å². The van der Waals surface area contributed by atoms with Crippen LogP contribution in [0.5, 0.6) is 5.75 Å². The summed E-state index contributed by atoms with van der Waals surface area (Å²) in [6.07, 6.45) is 2.39. The molecule has 3 N–H and O–H groups in total. The van der Waals surface area contributed by atoms with E-state index in [9.17, 15) is 24.3 Å². The van der Waals surface area contributed by atoms with E-state index in [4.69, 9.17) is 9.94 Å². The predicted molar refractivity (Wildman–Crippen MR) is 183 cm³/mol. The van der Waals surface area contributed by atoms with E-state index in [0.29, 0.717) is 69.5 Å². The average molecular weight is 673 g/mol. The van der Waals surface area contributed by atoms with Crippen LogP contribution in [0.1, 0.15) is 60.8 Å². The highest BCUT2D eigenvalue weighted by molar-refractivity contribution is 5.97. The van der Waals surface area contributed by atoms with Crippen LogP contribution in [-0.2, 0) is 32.1 Å². The standard InChI is InChI=1S/C36H44N6O7/c1-24-21-26(22-25(2)34(24)46)23-31(35(47)38-15-14-37-28-10-16-40(17-11-28)32(43)7-8-33(44)45)49-41-18-12-29(13-19-41)42-20-9-27-5-3-4-6-30(27)39-36(42)48/h3-6,21-22,28-29,31,46H,7-13,16-20,23H2,1-2H3,(H,39,48)(H,44,45)/t31-/m1/s1. The summed E-state index contributed by atoms with van der Waals surface area (Å²) in [7, 11) is 0. The Hall–Kier alpha value is -4.80. The monoisotopic (exact) mass is 672 g/mol. The molecule has 0 unspecified atom stereocenters. The fourth-order valence-electron chi connectivity index (χ4n) is 6.61. The Morgan fingerprint density at radius 2 is 1.67 bits per heavy atom. The zero-order valence-electron chi connectivity index (χ0n) is 28.1. The molecule has 2 aromatic carbocycles. The second-order valence-electron chi connectivity index (χ2n) is 12.9. The lowest BCUT2D eigenvalue weighted by molar-refractivity contribution is -0.208. The van der Waals surface area contributed by atoms with Gasteiger partial charge in [0.25, 0.3) is 5.91 Å². The van der Waals surface area contributed by atoms with Crippen molar-refractivity contribution in [2.24, 2.45) is 9.98 Å². The van der Waals surface area contributed by atoms with Crippen LogP contribution in [0, 0.1) is 13.8 Å². The molecule has 1 atom stereocenters. The number of phenols is 1. The number of nitrogens with one attached hydrogen (secondary N) is 1. The van der Waals surface area contributed by atoms with Gasteiger partial charge < -0.3 is 25.3 Å². The minimum Gasteiger partial charge on any atom is -0.507 e. The molecule has 260 valence electrons. The minimum absolute atomic E-state index is 0.0205. The molecule has 0 spiro atoms. The van der Waals surface area contributed by atoms with Gasteiger partial charge in [-0.15, -0.1) is 0 Å². The Balaban J connectivity index is 1.20. The number of carbonyl (C=O) groups excluding carboxylic acids is 3. The number of fused-ring (bicyclic) bond motifs is 1. The van der Waals surface area contributed by atoms with Gasteiger partial charge in [0.1, 0.15) is 5.75 Å². The van der Waals surface area contributed by atoms with Gasteiger partial charge >= 0.3 is 12.0 Å². The van der Waals surface area contributed by atoms with Crippen molar-refractivity contribution in [1.82, 2.24) is 14.9 Å². The molecule has 2 aromatic rings. The van der Waals surface area contributed by atoms with Crippen LogP contribution in [0.4, 0.5) is 10.5 Å². The number of hydrogen-bond donors (Lipinski definition) is 3. The predicted octanol–water partition coefficient (Wildman–Crippen LogP) is 3.68. The molecule has 0 aromatic heterocycles. The summed E-state index contributed by atoms with van der Waals surface area (Å²) >= 11 is 0. The molecular weight excluding hydrogens is 628 g/mol. The van der Waals surface area contributed by atoms with E-state index in [1.54, 1.807) is 23.8 Å². The number of aromatic hydroxyl groups is 1. The SMILES string of the molecule is Cc1cc(C[C@@H](ON2CCC(N3CCc4ccccc4NC3=O)CC2)C(=O)N=C=C=NC2CCN(C(=O)CCC(=O)O)CC2)cc(C)c1O. The van der Waals surface area contributed by atoms with Crippen LogP contribution >= 0.6 is 0 Å². The number of piperidine rings is 2. The fourth-order valence-corrected chi connectivity index (χ4v) is 6.61. The molecule has 3 heterocycles. The van der Waals surface area contributed by atoms with Crippen LogP contribution in [-0.4, -0.2) is 112 Å². The zero-order valence-corrected chi connectivity index (χ0v) is 28.1. The number of likely N-dealkylation sites (tertiary alicyclic amines) is 1. The number of benzene rings is 2. The Labute approximate surface area is 285 Å². The first-order valence-electron chi connectivity index (χ1n) is 16.9. The Bertz CT molecular complexity index is 1630. The first kappa shape index (κ1) is 35.5. The maximum absolute atomic E-state index is 13.4. The number of carboxylic acid groups (broad SMARTS) is 1. The number of carboxylic acids is 1. The van der Waals surface area contributed by atoms with Crippen LogP contribution in [0.2, 0.25) is 0 Å². The maximum Gasteiger partial charge on any atom is 0.322 e. The molecule has 0 saturated carbocycles. The lowest BCUT2D eigenvalue weighted by Crippen LogP contribution is -2.49. The van der Waals surface area contributed by atoms with Crippen molar-refractivity contribution in [1.29, 1.82) is 0 Å². The molecule has 0 aliphatic carbocycles. The molecule has 5 rings (SSSR count). The smallest absolute Gasteiger partial charge is 0.322 e. The number of anilines is 1. The lowest BCUT2D eigenvalue weighted by atomic mass is 10.0. The van der Waals surface area contributed by atoms with E-state index in [1.165, 1.54) is 0 Å². The largest absolute Gasteiger partial charge is 0.507 e. The Morgan fingerprint density at radius 3 is 2.37 bits per heavy atom. The number of para-hydroxylation sites is 1. The van der Waals surface area contributed by atoms with Crippen molar-refractivity contribution < 1.29 is 34.2 Å². The first-order chi connectivity index (χ1) is 23.6. The summed E-state index contributed by atoms with van der Waals surface area (Å²) in [5.41, 5.74) is 4.18. The number of hydrogen-bond acceptors (Lipinski definition) is 8. The molecule has 2 fully saturated rings. The number of rotatable bonds is 10. The number of aliphatic carboxylic acids is 1. The highest BCUT2D eigenvalue weighted by Crippen LogP contribution is 2.27. The van der Waals surface area contributed by atoms with Gasteiger partial charge in [-0.2, -0.15) is 10.1 Å². The molecule has 0 bridgehead atoms. The molecule has 3 aliphatic heterocycles. The third-order valence-electron chi connectivity index (χ3n) is 9.36. The van der Waals surface area contributed by atoms with E-state index >= 15 is 0 Å². The van der Waals surface area contributed by atoms with Crippen molar-refractivity contribution in [2.75, 3.05) is 38.0 Å². The Morgan fingerprint density at radius 1 is 0.980 bits per heavy atom.